The minimum atomic E-state index is -1.19. The van der Waals surface area contributed by atoms with E-state index in [-0.39, 0.29) is 19.1 Å². The van der Waals surface area contributed by atoms with Crippen LogP contribution in [-0.4, -0.2) is 54.2 Å². The molecule has 0 aliphatic heterocycles. The van der Waals surface area contributed by atoms with E-state index in [0.29, 0.717) is 12.1 Å². The van der Waals surface area contributed by atoms with Crippen molar-refractivity contribution in [1.82, 2.24) is 15.5 Å². The van der Waals surface area contributed by atoms with Gasteiger partial charge in [0.1, 0.15) is 18.7 Å². The number of hydrogen-bond donors (Lipinski definition) is 3. The van der Waals surface area contributed by atoms with E-state index in [1.807, 2.05) is 71.6 Å². The lowest BCUT2D eigenvalue weighted by Crippen LogP contribution is -2.51. The van der Waals surface area contributed by atoms with Crippen molar-refractivity contribution in [2.75, 3.05) is 20.2 Å². The first-order valence-electron chi connectivity index (χ1n) is 13.8. The Morgan fingerprint density at radius 2 is 1.33 bits per heavy atom. The molecule has 0 spiro atoms. The Bertz CT molecular complexity index is 1500. The predicted octanol–water partition coefficient (Wildman–Crippen LogP) is 4.97. The second kappa shape index (κ2) is 13.1. The molecular weight excluding hydrogens is 530 g/mol. The molecule has 1 aliphatic carbocycles. The molecule has 0 saturated heterocycles. The highest BCUT2D eigenvalue weighted by atomic mass is 16.5. The van der Waals surface area contributed by atoms with Crippen LogP contribution in [0.25, 0.3) is 11.1 Å². The molecule has 42 heavy (non-hydrogen) atoms. The third-order valence-electron chi connectivity index (χ3n) is 7.41. The molecule has 0 aromatic heterocycles. The summed E-state index contributed by atoms with van der Waals surface area (Å²) in [5.74, 6) is -1.95. The highest BCUT2D eigenvalue weighted by molar-refractivity contribution is 5.90. The van der Waals surface area contributed by atoms with Gasteiger partial charge in [0.05, 0.1) is 0 Å². The van der Waals surface area contributed by atoms with Crippen molar-refractivity contribution >= 4 is 18.0 Å². The largest absolute Gasteiger partial charge is 0.480 e. The van der Waals surface area contributed by atoms with E-state index in [1.165, 1.54) is 0 Å². The second-order valence-corrected chi connectivity index (χ2v) is 10.4. The van der Waals surface area contributed by atoms with E-state index in [0.717, 1.165) is 27.8 Å². The van der Waals surface area contributed by atoms with Crippen LogP contribution in [0.4, 0.5) is 4.79 Å². The maximum absolute atomic E-state index is 13.5. The van der Waals surface area contributed by atoms with E-state index >= 15 is 0 Å². The third-order valence-corrected chi connectivity index (χ3v) is 7.41. The molecule has 4 aromatic carbocycles. The van der Waals surface area contributed by atoms with Gasteiger partial charge in [0.15, 0.2) is 0 Å². The highest BCUT2D eigenvalue weighted by Gasteiger charge is 2.31. The van der Waals surface area contributed by atoms with Crippen LogP contribution >= 0.6 is 0 Å². The van der Waals surface area contributed by atoms with Gasteiger partial charge in [-0.2, -0.15) is 0 Å². The molecule has 0 fully saturated rings. The topological polar surface area (TPSA) is 108 Å². The van der Waals surface area contributed by atoms with Crippen molar-refractivity contribution in [2.24, 2.45) is 0 Å². The minimum absolute atomic E-state index is 0.0718. The normalized spacial score (nSPS) is 13.5. The number of fused-ring (bicyclic) bond motifs is 3. The van der Waals surface area contributed by atoms with Gasteiger partial charge < -0.3 is 20.5 Å². The number of nitrogens with zero attached hydrogens (tertiary/aromatic N) is 1. The van der Waals surface area contributed by atoms with Gasteiger partial charge in [0.2, 0.25) is 5.91 Å². The number of nitrogens with one attached hydrogen (secondary N) is 2. The van der Waals surface area contributed by atoms with Crippen LogP contribution in [0.5, 0.6) is 0 Å². The summed E-state index contributed by atoms with van der Waals surface area (Å²) in [5.41, 5.74) is 5.90. The first-order chi connectivity index (χ1) is 20.4. The van der Waals surface area contributed by atoms with Gasteiger partial charge >= 0.3 is 12.1 Å². The molecule has 5 rings (SSSR count). The number of alkyl carbamates (subject to hydrolysis) is 1. The van der Waals surface area contributed by atoms with Crippen LogP contribution in [0, 0.1) is 0 Å². The van der Waals surface area contributed by atoms with Gasteiger partial charge in [-0.3, -0.25) is 9.69 Å². The zero-order valence-corrected chi connectivity index (χ0v) is 23.3. The number of amides is 2. The Balaban J connectivity index is 1.26. The van der Waals surface area contributed by atoms with E-state index in [2.05, 4.69) is 22.8 Å². The first-order valence-corrected chi connectivity index (χ1v) is 13.8. The van der Waals surface area contributed by atoms with Gasteiger partial charge in [-0.25, -0.2) is 9.59 Å². The Hall–Kier alpha value is -4.95. The molecule has 214 valence electrons. The fourth-order valence-corrected chi connectivity index (χ4v) is 5.42. The molecule has 0 radical (unpaired) electrons. The Morgan fingerprint density at radius 1 is 0.786 bits per heavy atom. The number of carbonyl (C=O) groups excluding carboxylic acids is 2. The highest BCUT2D eigenvalue weighted by Crippen LogP contribution is 2.44. The molecule has 0 heterocycles. The smallest absolute Gasteiger partial charge is 0.408 e. The molecule has 4 aromatic rings. The van der Waals surface area contributed by atoms with Gasteiger partial charge in [-0.15, -0.1) is 0 Å². The number of likely N-dealkylation sites (N-methyl/N-ethyl adjacent to an activating group) is 1. The summed E-state index contributed by atoms with van der Waals surface area (Å²) in [4.78, 5) is 40.5. The van der Waals surface area contributed by atoms with Crippen LogP contribution in [0.2, 0.25) is 0 Å². The molecule has 1 aliphatic rings. The van der Waals surface area contributed by atoms with Crippen molar-refractivity contribution < 1.29 is 24.2 Å². The number of carboxylic acid groups (broad SMARTS) is 1. The Labute approximate surface area is 244 Å². The molecule has 8 heteroatoms. The van der Waals surface area contributed by atoms with Gasteiger partial charge in [0.25, 0.3) is 0 Å². The standard InChI is InChI=1S/C34H33N3O5/c1-37(20-23-12-4-2-5-13-23)21-30(33(39)40)35-32(38)31(24-14-6-3-7-15-24)36-34(41)42-22-29-27-18-10-8-16-25(27)26-17-9-11-19-28(26)29/h2-19,29-31H,20-22H2,1H3,(H,35,38)(H,36,41)(H,39,40)/t30?,31-/m0/s1. The molecule has 1 unspecified atom stereocenters. The molecule has 2 amide bonds. The van der Waals surface area contributed by atoms with Crippen LogP contribution in [0.3, 0.4) is 0 Å². The van der Waals surface area contributed by atoms with Crippen molar-refractivity contribution in [3.63, 3.8) is 0 Å². The third kappa shape index (κ3) is 6.67. The van der Waals surface area contributed by atoms with E-state index in [1.54, 1.807) is 37.4 Å². The lowest BCUT2D eigenvalue weighted by atomic mass is 9.98. The molecule has 3 N–H and O–H groups in total. The maximum Gasteiger partial charge on any atom is 0.408 e. The zero-order valence-electron chi connectivity index (χ0n) is 23.3. The Morgan fingerprint density at radius 3 is 1.93 bits per heavy atom. The number of hydrogen-bond acceptors (Lipinski definition) is 5. The van der Waals surface area contributed by atoms with E-state index in [9.17, 15) is 19.5 Å². The molecule has 2 atom stereocenters. The number of ether oxygens (including phenoxy) is 1. The number of carbonyl (C=O) groups is 3. The monoisotopic (exact) mass is 563 g/mol. The lowest BCUT2D eigenvalue weighted by Gasteiger charge is -2.25. The summed E-state index contributed by atoms with van der Waals surface area (Å²) < 4.78 is 5.67. The fourth-order valence-electron chi connectivity index (χ4n) is 5.42. The van der Waals surface area contributed by atoms with Crippen LogP contribution in [0.15, 0.2) is 109 Å². The van der Waals surface area contributed by atoms with Crippen LogP contribution in [-0.2, 0) is 20.9 Å². The van der Waals surface area contributed by atoms with Gasteiger partial charge in [-0.05, 0) is 40.4 Å². The zero-order chi connectivity index (χ0) is 29.5. The molecule has 0 bridgehead atoms. The summed E-state index contributed by atoms with van der Waals surface area (Å²) in [7, 11) is 1.79. The second-order valence-electron chi connectivity index (χ2n) is 10.4. The fraction of sp³-hybridized carbons (Fsp3) is 0.206. The number of benzene rings is 4. The molecule has 8 nitrogen and oxygen atoms in total. The van der Waals surface area contributed by atoms with Crippen molar-refractivity contribution in [3.8, 4) is 11.1 Å². The molecule has 0 saturated carbocycles. The average Bonchev–Trinajstić information content (AvgIpc) is 3.33. The van der Waals surface area contributed by atoms with Gasteiger partial charge in [-0.1, -0.05) is 109 Å². The number of aliphatic carboxylic acids is 1. The summed E-state index contributed by atoms with van der Waals surface area (Å²) >= 11 is 0. The summed E-state index contributed by atoms with van der Waals surface area (Å²) in [6.07, 6.45) is -0.770. The van der Waals surface area contributed by atoms with Crippen molar-refractivity contribution in [2.45, 2.75) is 24.5 Å². The molecular formula is C34H33N3O5. The van der Waals surface area contributed by atoms with Crippen molar-refractivity contribution in [1.29, 1.82) is 0 Å². The van der Waals surface area contributed by atoms with Crippen LogP contribution < -0.4 is 10.6 Å². The maximum atomic E-state index is 13.5. The Kier molecular flexibility index (Phi) is 8.94. The minimum Gasteiger partial charge on any atom is -0.480 e. The van der Waals surface area contributed by atoms with Crippen molar-refractivity contribution in [3.05, 3.63) is 131 Å². The summed E-state index contributed by atoms with van der Waals surface area (Å²) in [5, 5.41) is 15.2. The summed E-state index contributed by atoms with van der Waals surface area (Å²) in [6.45, 7) is 0.675. The van der Waals surface area contributed by atoms with Crippen LogP contribution in [0.1, 0.15) is 34.2 Å². The SMILES string of the molecule is CN(Cc1ccccc1)CC(NC(=O)[C@@H](NC(=O)OCC1c2ccccc2-c2ccccc21)c1ccccc1)C(=O)O. The van der Waals surface area contributed by atoms with E-state index < -0.39 is 30.1 Å². The summed E-state index contributed by atoms with van der Waals surface area (Å²) in [6, 6.07) is 32.1. The number of rotatable bonds is 11. The van der Waals surface area contributed by atoms with E-state index in [4.69, 9.17) is 4.74 Å². The van der Waals surface area contributed by atoms with Gasteiger partial charge in [0, 0.05) is 19.0 Å². The average molecular weight is 564 g/mol. The number of carboxylic acids is 1. The predicted molar refractivity (Wildman–Crippen MR) is 160 cm³/mol. The quantitative estimate of drug-likeness (QED) is 0.238. The lowest BCUT2D eigenvalue weighted by molar-refractivity contribution is -0.142. The first kappa shape index (κ1) is 28.6.